The molecule has 0 aromatic heterocycles. The Kier molecular flexibility index (Phi) is 4.21. The Balaban J connectivity index is 2.19. The van der Waals surface area contributed by atoms with Crippen molar-refractivity contribution in [1.29, 1.82) is 0 Å². The molecule has 2 rings (SSSR count). The van der Waals surface area contributed by atoms with E-state index in [0.29, 0.717) is 0 Å². The molecular weight excluding hydrogens is 281 g/mol. The number of esters is 1. The van der Waals surface area contributed by atoms with Crippen LogP contribution in [-0.4, -0.2) is 36.6 Å². The molecule has 1 heterocycles. The third-order valence-corrected chi connectivity index (χ3v) is 3.39. The number of carboxylic acids is 1. The molecule has 1 saturated heterocycles. The van der Waals surface area contributed by atoms with Crippen molar-refractivity contribution in [2.75, 3.05) is 18.6 Å². The lowest BCUT2D eigenvalue weighted by Crippen LogP contribution is -2.26. The highest BCUT2D eigenvalue weighted by Crippen LogP contribution is 2.27. The van der Waals surface area contributed by atoms with E-state index in [0.717, 1.165) is 6.07 Å². The predicted octanol–water partition coefficient (Wildman–Crippen LogP) is 0.979. The van der Waals surface area contributed by atoms with Crippen LogP contribution >= 0.6 is 0 Å². The van der Waals surface area contributed by atoms with Crippen molar-refractivity contribution in [3.63, 3.8) is 0 Å². The highest BCUT2D eigenvalue weighted by atomic mass is 19.1. The van der Waals surface area contributed by atoms with E-state index in [1.165, 1.54) is 24.1 Å². The third-order valence-electron chi connectivity index (χ3n) is 3.39. The first-order valence-corrected chi connectivity index (χ1v) is 6.30. The van der Waals surface area contributed by atoms with E-state index >= 15 is 0 Å². The lowest BCUT2D eigenvalue weighted by atomic mass is 10.1. The van der Waals surface area contributed by atoms with Gasteiger partial charge in [0, 0.05) is 18.7 Å². The van der Waals surface area contributed by atoms with Crippen LogP contribution in [0.2, 0.25) is 0 Å². The Hall–Kier alpha value is -2.44. The molecule has 6 nitrogen and oxygen atoms in total. The monoisotopic (exact) mass is 295 g/mol. The zero-order valence-corrected chi connectivity index (χ0v) is 11.3. The van der Waals surface area contributed by atoms with Gasteiger partial charge in [-0.2, -0.15) is 0 Å². The fraction of sp³-hybridized carbons (Fsp3) is 0.357. The molecule has 1 aromatic carbocycles. The van der Waals surface area contributed by atoms with Gasteiger partial charge in [0.05, 0.1) is 19.4 Å². The number of carboxylic acid groups (broad SMARTS) is 1. The van der Waals surface area contributed by atoms with E-state index in [4.69, 9.17) is 5.11 Å². The minimum atomic E-state index is -1.05. The molecule has 1 N–H and O–H groups in total. The highest BCUT2D eigenvalue weighted by molar-refractivity contribution is 5.99. The van der Waals surface area contributed by atoms with Crippen LogP contribution in [0.25, 0.3) is 0 Å². The van der Waals surface area contributed by atoms with Gasteiger partial charge in [0.15, 0.2) is 0 Å². The van der Waals surface area contributed by atoms with Crippen molar-refractivity contribution in [3.05, 3.63) is 29.6 Å². The van der Waals surface area contributed by atoms with Gasteiger partial charge in [-0.3, -0.25) is 14.4 Å². The number of carbonyl (C=O) groups excluding carboxylic acids is 2. The predicted molar refractivity (Wildman–Crippen MR) is 70.2 cm³/mol. The highest BCUT2D eigenvalue weighted by Gasteiger charge is 2.35. The molecular formula is C14H14FNO5. The van der Waals surface area contributed by atoms with Gasteiger partial charge in [0.1, 0.15) is 5.82 Å². The zero-order chi connectivity index (χ0) is 15.6. The van der Waals surface area contributed by atoms with E-state index in [1.54, 1.807) is 0 Å². The maximum Gasteiger partial charge on any atom is 0.310 e. The molecule has 1 aromatic rings. The van der Waals surface area contributed by atoms with E-state index in [9.17, 15) is 18.8 Å². The maximum absolute atomic E-state index is 13.9. The Bertz CT molecular complexity index is 601. The minimum Gasteiger partial charge on any atom is -0.481 e. The number of methoxy groups -OCH3 is 1. The molecule has 21 heavy (non-hydrogen) atoms. The topological polar surface area (TPSA) is 83.9 Å². The van der Waals surface area contributed by atoms with Crippen molar-refractivity contribution < 1.29 is 28.6 Å². The molecule has 1 fully saturated rings. The molecule has 1 aliphatic rings. The van der Waals surface area contributed by atoms with Gasteiger partial charge in [-0.15, -0.1) is 0 Å². The quantitative estimate of drug-likeness (QED) is 0.837. The summed E-state index contributed by atoms with van der Waals surface area (Å²) in [5.41, 5.74) is 0.446. The second kappa shape index (κ2) is 5.90. The van der Waals surface area contributed by atoms with Crippen LogP contribution in [0.5, 0.6) is 0 Å². The third kappa shape index (κ3) is 3.18. The largest absolute Gasteiger partial charge is 0.481 e. The number of anilines is 1. The molecule has 0 bridgehead atoms. The SMILES string of the molecule is COC(=O)Cc1ccc(N2CC(C(=O)O)CC2=O)cc1F. The second-order valence-electron chi connectivity index (χ2n) is 4.77. The van der Waals surface area contributed by atoms with E-state index in [2.05, 4.69) is 4.74 Å². The van der Waals surface area contributed by atoms with E-state index in [-0.39, 0.29) is 36.5 Å². The number of carbonyl (C=O) groups is 3. The lowest BCUT2D eigenvalue weighted by molar-refractivity contribution is -0.142. The fourth-order valence-corrected chi connectivity index (χ4v) is 2.20. The fourth-order valence-electron chi connectivity index (χ4n) is 2.20. The van der Waals surface area contributed by atoms with Gasteiger partial charge in [-0.1, -0.05) is 6.07 Å². The number of amides is 1. The molecule has 112 valence electrons. The number of rotatable bonds is 4. The van der Waals surface area contributed by atoms with Crippen LogP contribution in [0.3, 0.4) is 0 Å². The molecule has 1 unspecified atom stereocenters. The number of hydrogen-bond donors (Lipinski definition) is 1. The number of ether oxygens (including phenoxy) is 1. The van der Waals surface area contributed by atoms with Crippen LogP contribution in [0, 0.1) is 11.7 Å². The Morgan fingerprint density at radius 1 is 1.48 bits per heavy atom. The zero-order valence-electron chi connectivity index (χ0n) is 11.3. The number of hydrogen-bond acceptors (Lipinski definition) is 4. The summed E-state index contributed by atoms with van der Waals surface area (Å²) in [6.45, 7) is 0.0178. The van der Waals surface area contributed by atoms with Crippen LogP contribution < -0.4 is 4.90 Å². The summed E-state index contributed by atoms with van der Waals surface area (Å²) >= 11 is 0. The smallest absolute Gasteiger partial charge is 0.310 e. The summed E-state index contributed by atoms with van der Waals surface area (Å²) < 4.78 is 18.4. The Morgan fingerprint density at radius 2 is 2.19 bits per heavy atom. The van der Waals surface area contributed by atoms with Crippen molar-refractivity contribution in [1.82, 2.24) is 0 Å². The van der Waals surface area contributed by atoms with Crippen molar-refractivity contribution >= 4 is 23.5 Å². The van der Waals surface area contributed by atoms with Gasteiger partial charge in [-0.05, 0) is 17.7 Å². The summed E-state index contributed by atoms with van der Waals surface area (Å²) in [6, 6.07) is 4.01. The van der Waals surface area contributed by atoms with Crippen LogP contribution in [0.1, 0.15) is 12.0 Å². The average Bonchev–Trinajstić information content (AvgIpc) is 2.83. The molecule has 0 aliphatic carbocycles. The average molecular weight is 295 g/mol. The number of nitrogens with zero attached hydrogens (tertiary/aromatic N) is 1. The van der Waals surface area contributed by atoms with E-state index < -0.39 is 23.7 Å². The summed E-state index contributed by atoms with van der Waals surface area (Å²) in [5, 5.41) is 8.92. The second-order valence-corrected chi connectivity index (χ2v) is 4.77. The molecule has 1 atom stereocenters. The lowest BCUT2D eigenvalue weighted by Gasteiger charge is -2.17. The Morgan fingerprint density at radius 3 is 2.71 bits per heavy atom. The first-order chi connectivity index (χ1) is 9.92. The minimum absolute atomic E-state index is 0.0178. The normalized spacial score (nSPS) is 17.9. The molecule has 1 amide bonds. The van der Waals surface area contributed by atoms with Crippen molar-refractivity contribution in [3.8, 4) is 0 Å². The first kappa shape index (κ1) is 15.0. The molecule has 0 radical (unpaired) electrons. The molecule has 0 spiro atoms. The summed E-state index contributed by atoms with van der Waals surface area (Å²) in [4.78, 5) is 35.0. The van der Waals surface area contributed by atoms with Gasteiger partial charge in [0.25, 0.3) is 0 Å². The summed E-state index contributed by atoms with van der Waals surface area (Å²) in [5.74, 6) is -3.39. The summed E-state index contributed by atoms with van der Waals surface area (Å²) in [7, 11) is 1.21. The van der Waals surface area contributed by atoms with E-state index in [1.807, 2.05) is 0 Å². The number of halogens is 1. The van der Waals surface area contributed by atoms with Crippen LogP contribution in [0.15, 0.2) is 18.2 Å². The van der Waals surface area contributed by atoms with Gasteiger partial charge in [-0.25, -0.2) is 4.39 Å². The summed E-state index contributed by atoms with van der Waals surface area (Å²) in [6.07, 6.45) is -0.296. The molecule has 1 aliphatic heterocycles. The van der Waals surface area contributed by atoms with Crippen molar-refractivity contribution in [2.45, 2.75) is 12.8 Å². The molecule has 0 saturated carbocycles. The number of benzene rings is 1. The first-order valence-electron chi connectivity index (χ1n) is 6.30. The van der Waals surface area contributed by atoms with Gasteiger partial charge in [0.2, 0.25) is 5.91 Å². The van der Waals surface area contributed by atoms with Gasteiger partial charge < -0.3 is 14.7 Å². The molecule has 7 heteroatoms. The maximum atomic E-state index is 13.9. The Labute approximate surface area is 120 Å². The van der Waals surface area contributed by atoms with Gasteiger partial charge >= 0.3 is 11.9 Å². The van der Waals surface area contributed by atoms with Crippen LogP contribution in [0.4, 0.5) is 10.1 Å². The standard InChI is InChI=1S/C14H14FNO5/c1-21-13(18)5-8-2-3-10(6-11(8)15)16-7-9(14(19)20)4-12(16)17/h2-3,6,9H,4-5,7H2,1H3,(H,19,20). The van der Waals surface area contributed by atoms with Crippen LogP contribution in [-0.2, 0) is 25.5 Å². The van der Waals surface area contributed by atoms with Crippen molar-refractivity contribution in [2.24, 2.45) is 5.92 Å². The number of aliphatic carboxylic acids is 1.